The van der Waals surface area contributed by atoms with Crippen molar-refractivity contribution >= 4 is 15.8 Å². The third-order valence-corrected chi connectivity index (χ3v) is 3.76. The van der Waals surface area contributed by atoms with Crippen molar-refractivity contribution in [2.75, 3.05) is 12.9 Å². The highest BCUT2D eigenvalue weighted by Crippen LogP contribution is 2.43. The first-order valence-corrected chi connectivity index (χ1v) is 7.23. The van der Waals surface area contributed by atoms with Crippen LogP contribution in [0.1, 0.15) is 19.4 Å². The summed E-state index contributed by atoms with van der Waals surface area (Å²) in [6.07, 6.45) is 4.54. The Morgan fingerprint density at radius 1 is 1.65 bits per heavy atom. The van der Waals surface area contributed by atoms with Crippen LogP contribution in [-0.2, 0) is 19.4 Å². The van der Waals surface area contributed by atoms with Gasteiger partial charge in [0, 0.05) is 12.5 Å². The second-order valence-electron chi connectivity index (χ2n) is 4.09. The van der Waals surface area contributed by atoms with Gasteiger partial charge in [0.1, 0.15) is 4.90 Å². The molecule has 1 aromatic rings. The van der Waals surface area contributed by atoms with Crippen molar-refractivity contribution in [2.45, 2.75) is 24.3 Å². The molecule has 0 aromatic carbocycles. The van der Waals surface area contributed by atoms with Gasteiger partial charge in [0.2, 0.25) is 0 Å². The van der Waals surface area contributed by atoms with Gasteiger partial charge in [-0.3, -0.25) is 9.48 Å². The molecule has 6 nitrogen and oxygen atoms in total. The fourth-order valence-corrected chi connectivity index (χ4v) is 2.21. The Labute approximate surface area is 99.5 Å². The van der Waals surface area contributed by atoms with E-state index in [2.05, 4.69) is 5.10 Å². The van der Waals surface area contributed by atoms with Crippen LogP contribution in [-0.4, -0.2) is 37.0 Å². The van der Waals surface area contributed by atoms with Crippen molar-refractivity contribution in [3.05, 3.63) is 12.4 Å². The number of carbonyl (C=O) groups excluding carboxylic acids is 1. The van der Waals surface area contributed by atoms with Crippen LogP contribution >= 0.6 is 0 Å². The van der Waals surface area contributed by atoms with Crippen LogP contribution in [0.4, 0.5) is 0 Å². The molecule has 1 aliphatic rings. The Morgan fingerprint density at radius 3 is 2.88 bits per heavy atom. The van der Waals surface area contributed by atoms with Crippen LogP contribution < -0.4 is 0 Å². The number of aromatic nitrogens is 2. The van der Waals surface area contributed by atoms with E-state index in [1.165, 1.54) is 17.1 Å². The molecule has 0 spiro atoms. The molecule has 0 amide bonds. The minimum Gasteiger partial charge on any atom is -0.466 e. The van der Waals surface area contributed by atoms with Crippen molar-refractivity contribution in [3.63, 3.8) is 0 Å². The van der Waals surface area contributed by atoms with Crippen LogP contribution in [0.3, 0.4) is 0 Å². The molecule has 94 valence electrons. The number of esters is 1. The number of sulfone groups is 1. The van der Waals surface area contributed by atoms with Crippen molar-refractivity contribution in [3.8, 4) is 0 Å². The lowest BCUT2D eigenvalue weighted by Gasteiger charge is -2.00. The van der Waals surface area contributed by atoms with E-state index in [1.807, 2.05) is 0 Å². The molecule has 7 heteroatoms. The van der Waals surface area contributed by atoms with Gasteiger partial charge in [0.15, 0.2) is 9.84 Å². The van der Waals surface area contributed by atoms with Gasteiger partial charge in [0.25, 0.3) is 0 Å². The summed E-state index contributed by atoms with van der Waals surface area (Å²) in [5.74, 6) is -0.434. The smallest absolute Gasteiger partial charge is 0.311 e. The van der Waals surface area contributed by atoms with E-state index in [1.54, 1.807) is 6.92 Å². The van der Waals surface area contributed by atoms with Gasteiger partial charge in [-0.1, -0.05) is 0 Å². The molecule has 0 aliphatic heterocycles. The molecule has 2 atom stereocenters. The number of nitrogens with zero attached hydrogens (tertiary/aromatic N) is 2. The standard InChI is InChI=1S/C10H14N2O4S/c1-3-16-10(13)8-4-9(8)12-6-7(5-11-12)17(2,14)15/h5-6,8-9H,3-4H2,1-2H3/t8-,9-/m0/s1. The maximum absolute atomic E-state index is 11.4. The van der Waals surface area contributed by atoms with Gasteiger partial charge < -0.3 is 4.74 Å². The molecule has 1 aromatic heterocycles. The number of hydrogen-bond donors (Lipinski definition) is 0. The van der Waals surface area contributed by atoms with Crippen molar-refractivity contribution in [2.24, 2.45) is 5.92 Å². The average molecular weight is 258 g/mol. The van der Waals surface area contributed by atoms with Crippen LogP contribution in [0, 0.1) is 5.92 Å². The summed E-state index contributed by atoms with van der Waals surface area (Å²) >= 11 is 0. The fraction of sp³-hybridized carbons (Fsp3) is 0.600. The van der Waals surface area contributed by atoms with Crippen molar-refractivity contribution in [1.82, 2.24) is 9.78 Å². The SMILES string of the molecule is CCOC(=O)[C@H]1C[C@@H]1n1cc(S(C)(=O)=O)cn1. The molecule has 1 aliphatic carbocycles. The Hall–Kier alpha value is -1.37. The lowest BCUT2D eigenvalue weighted by Crippen LogP contribution is -2.09. The summed E-state index contributed by atoms with van der Waals surface area (Å²) in [6.45, 7) is 2.11. The quantitative estimate of drug-likeness (QED) is 0.731. The van der Waals surface area contributed by atoms with E-state index in [-0.39, 0.29) is 22.8 Å². The lowest BCUT2D eigenvalue weighted by atomic mass is 10.4. The number of hydrogen-bond acceptors (Lipinski definition) is 5. The van der Waals surface area contributed by atoms with Crippen molar-refractivity contribution in [1.29, 1.82) is 0 Å². The molecule has 0 saturated heterocycles. The number of rotatable bonds is 4. The van der Waals surface area contributed by atoms with Crippen LogP contribution in [0.2, 0.25) is 0 Å². The second-order valence-corrected chi connectivity index (χ2v) is 6.11. The molecular weight excluding hydrogens is 244 g/mol. The summed E-state index contributed by atoms with van der Waals surface area (Å²) in [5, 5.41) is 3.97. The number of ether oxygens (including phenoxy) is 1. The molecule has 0 bridgehead atoms. The topological polar surface area (TPSA) is 78.3 Å². The first-order valence-electron chi connectivity index (χ1n) is 5.34. The van der Waals surface area contributed by atoms with Gasteiger partial charge in [-0.05, 0) is 13.3 Å². The van der Waals surface area contributed by atoms with Crippen LogP contribution in [0.5, 0.6) is 0 Å². The average Bonchev–Trinajstić information content (AvgIpc) is 2.86. The predicted molar refractivity (Wildman–Crippen MR) is 59.1 cm³/mol. The molecule has 1 saturated carbocycles. The van der Waals surface area contributed by atoms with Gasteiger partial charge in [-0.15, -0.1) is 0 Å². The normalized spacial score (nSPS) is 23.4. The van der Waals surface area contributed by atoms with Crippen LogP contribution in [0.15, 0.2) is 17.3 Å². The Morgan fingerprint density at radius 2 is 2.35 bits per heavy atom. The molecule has 0 radical (unpaired) electrons. The van der Waals surface area contributed by atoms with Crippen molar-refractivity contribution < 1.29 is 17.9 Å². The van der Waals surface area contributed by atoms with Crippen LogP contribution in [0.25, 0.3) is 0 Å². The van der Waals surface area contributed by atoms with Gasteiger partial charge in [-0.2, -0.15) is 5.10 Å². The minimum absolute atomic E-state index is 0.0652. The third-order valence-electron chi connectivity index (χ3n) is 2.69. The summed E-state index contributed by atoms with van der Waals surface area (Å²) in [4.78, 5) is 11.6. The van der Waals surface area contributed by atoms with E-state index >= 15 is 0 Å². The van der Waals surface area contributed by atoms with Gasteiger partial charge in [-0.25, -0.2) is 8.42 Å². The molecular formula is C10H14N2O4S. The summed E-state index contributed by atoms with van der Waals surface area (Å²) in [5.41, 5.74) is 0. The molecule has 2 rings (SSSR count). The van der Waals surface area contributed by atoms with E-state index in [4.69, 9.17) is 4.74 Å². The van der Waals surface area contributed by atoms with E-state index < -0.39 is 9.84 Å². The second kappa shape index (κ2) is 4.14. The first kappa shape index (κ1) is 12.1. The lowest BCUT2D eigenvalue weighted by molar-refractivity contribution is -0.145. The van der Waals surface area contributed by atoms with E-state index in [0.717, 1.165) is 6.26 Å². The summed E-state index contributed by atoms with van der Waals surface area (Å²) in [6, 6.07) is -0.0652. The zero-order valence-corrected chi connectivity index (χ0v) is 10.5. The van der Waals surface area contributed by atoms with E-state index in [9.17, 15) is 13.2 Å². The highest BCUT2D eigenvalue weighted by atomic mass is 32.2. The molecule has 0 unspecified atom stereocenters. The Kier molecular flexibility index (Phi) is 2.94. The summed E-state index contributed by atoms with van der Waals surface area (Å²) in [7, 11) is -3.24. The molecule has 17 heavy (non-hydrogen) atoms. The Balaban J connectivity index is 2.07. The largest absolute Gasteiger partial charge is 0.466 e. The number of carbonyl (C=O) groups is 1. The highest BCUT2D eigenvalue weighted by molar-refractivity contribution is 7.90. The molecule has 1 heterocycles. The van der Waals surface area contributed by atoms with Gasteiger partial charge >= 0.3 is 5.97 Å². The molecule has 0 N–H and O–H groups in total. The Bertz CT molecular complexity index is 534. The predicted octanol–water partition coefficient (Wildman–Crippen LogP) is 0.411. The molecule has 1 fully saturated rings. The maximum atomic E-state index is 11.4. The zero-order chi connectivity index (χ0) is 12.6. The monoisotopic (exact) mass is 258 g/mol. The highest BCUT2D eigenvalue weighted by Gasteiger charge is 2.46. The fourth-order valence-electron chi connectivity index (χ4n) is 1.67. The first-order chi connectivity index (χ1) is 7.93. The minimum atomic E-state index is -3.24. The van der Waals surface area contributed by atoms with Gasteiger partial charge in [0.05, 0.1) is 24.8 Å². The van der Waals surface area contributed by atoms with E-state index in [0.29, 0.717) is 13.0 Å². The maximum Gasteiger partial charge on any atom is 0.311 e. The zero-order valence-electron chi connectivity index (χ0n) is 9.66. The summed E-state index contributed by atoms with van der Waals surface area (Å²) < 4.78 is 28.9. The third kappa shape index (κ3) is 2.49.